The Morgan fingerprint density at radius 3 is 3.05 bits per heavy atom. The van der Waals surface area contributed by atoms with Crippen molar-refractivity contribution in [3.8, 4) is 0 Å². The van der Waals surface area contributed by atoms with Gasteiger partial charge in [0.15, 0.2) is 0 Å². The van der Waals surface area contributed by atoms with Crippen molar-refractivity contribution in [3.63, 3.8) is 0 Å². The Bertz CT molecular complexity index is 562. The minimum Gasteiger partial charge on any atom is -0.379 e. The maximum atomic E-state index is 11.1. The standard InChI is InChI=1S/C14H18N4O/c1-2-6-18-10-16-8-13(18)9-17-12-5-3-4-11(7-12)14(15)19/h3-5,7-8,10,17H,2,6,9H2,1H3,(H2,15,19). The number of nitrogens with one attached hydrogen (secondary N) is 1. The lowest BCUT2D eigenvalue weighted by atomic mass is 10.2. The molecule has 3 N–H and O–H groups in total. The summed E-state index contributed by atoms with van der Waals surface area (Å²) < 4.78 is 2.12. The van der Waals surface area contributed by atoms with Crippen molar-refractivity contribution in [2.45, 2.75) is 26.4 Å². The number of rotatable bonds is 6. The van der Waals surface area contributed by atoms with Gasteiger partial charge in [0.05, 0.1) is 18.6 Å². The van der Waals surface area contributed by atoms with Gasteiger partial charge in [0.25, 0.3) is 0 Å². The highest BCUT2D eigenvalue weighted by Gasteiger charge is 2.03. The molecule has 2 rings (SSSR count). The molecule has 0 spiro atoms. The molecule has 1 heterocycles. The molecule has 1 aromatic carbocycles. The molecule has 0 unspecified atom stereocenters. The van der Waals surface area contributed by atoms with E-state index in [9.17, 15) is 4.79 Å². The summed E-state index contributed by atoms with van der Waals surface area (Å²) in [4.78, 5) is 15.3. The summed E-state index contributed by atoms with van der Waals surface area (Å²) in [5.41, 5.74) is 7.76. The number of hydrogen-bond donors (Lipinski definition) is 2. The van der Waals surface area contributed by atoms with Crippen LogP contribution in [-0.4, -0.2) is 15.5 Å². The van der Waals surface area contributed by atoms with Crippen molar-refractivity contribution >= 4 is 11.6 Å². The van der Waals surface area contributed by atoms with Gasteiger partial charge in [-0.15, -0.1) is 0 Å². The first-order chi connectivity index (χ1) is 9.20. The molecule has 5 nitrogen and oxygen atoms in total. The Balaban J connectivity index is 2.04. The van der Waals surface area contributed by atoms with Crippen molar-refractivity contribution in [3.05, 3.63) is 48.0 Å². The largest absolute Gasteiger partial charge is 0.379 e. The highest BCUT2D eigenvalue weighted by molar-refractivity contribution is 5.93. The second kappa shape index (κ2) is 6.04. The maximum absolute atomic E-state index is 11.1. The molecule has 0 saturated heterocycles. The molecule has 0 fully saturated rings. The Hall–Kier alpha value is -2.30. The molecule has 0 saturated carbocycles. The molecule has 2 aromatic rings. The Morgan fingerprint density at radius 2 is 2.32 bits per heavy atom. The first kappa shape index (κ1) is 13.1. The molecule has 0 aliphatic heterocycles. The third kappa shape index (κ3) is 3.34. The van der Waals surface area contributed by atoms with E-state index in [1.54, 1.807) is 12.1 Å². The van der Waals surface area contributed by atoms with Crippen LogP contribution in [0.15, 0.2) is 36.8 Å². The highest BCUT2D eigenvalue weighted by atomic mass is 16.1. The van der Waals surface area contributed by atoms with Crippen molar-refractivity contribution in [2.24, 2.45) is 5.73 Å². The number of primary amides is 1. The molecule has 0 bridgehead atoms. The van der Waals surface area contributed by atoms with Crippen molar-refractivity contribution in [1.82, 2.24) is 9.55 Å². The normalized spacial score (nSPS) is 10.4. The second-order valence-corrected chi connectivity index (χ2v) is 4.38. The zero-order chi connectivity index (χ0) is 13.7. The third-order valence-electron chi connectivity index (χ3n) is 2.88. The lowest BCUT2D eigenvalue weighted by Gasteiger charge is -2.09. The number of carbonyl (C=O) groups is 1. The lowest BCUT2D eigenvalue weighted by Crippen LogP contribution is -2.11. The van der Waals surface area contributed by atoms with Gasteiger partial charge in [0.2, 0.25) is 5.91 Å². The summed E-state index contributed by atoms with van der Waals surface area (Å²) in [5, 5.41) is 3.27. The van der Waals surface area contributed by atoms with E-state index >= 15 is 0 Å². The first-order valence-electron chi connectivity index (χ1n) is 6.33. The van der Waals surface area contributed by atoms with Crippen LogP contribution in [0.4, 0.5) is 5.69 Å². The molecule has 19 heavy (non-hydrogen) atoms. The average molecular weight is 258 g/mol. The van der Waals surface area contributed by atoms with E-state index < -0.39 is 5.91 Å². The van der Waals surface area contributed by atoms with Crippen molar-refractivity contribution < 1.29 is 4.79 Å². The number of nitrogens with zero attached hydrogens (tertiary/aromatic N) is 2. The smallest absolute Gasteiger partial charge is 0.248 e. The van der Waals surface area contributed by atoms with E-state index in [0.29, 0.717) is 12.1 Å². The second-order valence-electron chi connectivity index (χ2n) is 4.38. The first-order valence-corrected chi connectivity index (χ1v) is 6.33. The van der Waals surface area contributed by atoms with Gasteiger partial charge in [-0.25, -0.2) is 4.98 Å². The molecular weight excluding hydrogens is 240 g/mol. The molecule has 0 atom stereocenters. The van der Waals surface area contributed by atoms with Gasteiger partial charge >= 0.3 is 0 Å². The predicted octanol–water partition coefficient (Wildman–Crippen LogP) is 2.00. The van der Waals surface area contributed by atoms with Crippen LogP contribution in [0.25, 0.3) is 0 Å². The number of benzene rings is 1. The van der Waals surface area contributed by atoms with Crippen LogP contribution in [0.3, 0.4) is 0 Å². The van der Waals surface area contributed by atoms with Gasteiger partial charge in [-0.2, -0.15) is 0 Å². The fourth-order valence-corrected chi connectivity index (χ4v) is 1.91. The van der Waals surface area contributed by atoms with E-state index in [2.05, 4.69) is 21.8 Å². The van der Waals surface area contributed by atoms with Gasteiger partial charge in [-0.1, -0.05) is 13.0 Å². The quantitative estimate of drug-likeness (QED) is 0.832. The minimum absolute atomic E-state index is 0.417. The van der Waals surface area contributed by atoms with Crippen LogP contribution in [0, 0.1) is 0 Å². The fraction of sp³-hybridized carbons (Fsp3) is 0.286. The van der Waals surface area contributed by atoms with Crippen LogP contribution in [0.5, 0.6) is 0 Å². The number of anilines is 1. The maximum Gasteiger partial charge on any atom is 0.248 e. The van der Waals surface area contributed by atoms with Gasteiger partial charge in [0.1, 0.15) is 0 Å². The van der Waals surface area contributed by atoms with Gasteiger partial charge < -0.3 is 15.6 Å². The molecule has 0 aliphatic rings. The number of imidazole rings is 1. The van der Waals surface area contributed by atoms with Gasteiger partial charge in [-0.05, 0) is 24.6 Å². The Labute approximate surface area is 112 Å². The molecule has 0 aliphatic carbocycles. The zero-order valence-electron chi connectivity index (χ0n) is 11.0. The topological polar surface area (TPSA) is 72.9 Å². The highest BCUT2D eigenvalue weighted by Crippen LogP contribution is 2.12. The number of aryl methyl sites for hydroxylation is 1. The number of hydrogen-bond acceptors (Lipinski definition) is 3. The van der Waals surface area contributed by atoms with E-state index in [0.717, 1.165) is 24.3 Å². The Morgan fingerprint density at radius 1 is 1.47 bits per heavy atom. The van der Waals surface area contributed by atoms with Crippen LogP contribution in [0.1, 0.15) is 29.4 Å². The van der Waals surface area contributed by atoms with Crippen molar-refractivity contribution in [1.29, 1.82) is 0 Å². The fourth-order valence-electron chi connectivity index (χ4n) is 1.91. The molecule has 0 radical (unpaired) electrons. The summed E-state index contributed by atoms with van der Waals surface area (Å²) in [7, 11) is 0. The van der Waals surface area contributed by atoms with Crippen LogP contribution >= 0.6 is 0 Å². The number of carbonyl (C=O) groups excluding carboxylic acids is 1. The van der Waals surface area contributed by atoms with Gasteiger partial charge in [-0.3, -0.25) is 4.79 Å². The molecule has 1 aromatic heterocycles. The van der Waals surface area contributed by atoms with Crippen molar-refractivity contribution in [2.75, 3.05) is 5.32 Å². The summed E-state index contributed by atoms with van der Waals surface area (Å²) in [6.07, 6.45) is 4.75. The monoisotopic (exact) mass is 258 g/mol. The Kier molecular flexibility index (Phi) is 4.18. The SMILES string of the molecule is CCCn1cncc1CNc1cccc(C(N)=O)c1. The molecule has 5 heteroatoms. The zero-order valence-corrected chi connectivity index (χ0v) is 11.0. The minimum atomic E-state index is -0.417. The number of nitrogens with two attached hydrogens (primary N) is 1. The van der Waals surface area contributed by atoms with Crippen LogP contribution in [-0.2, 0) is 13.1 Å². The number of aromatic nitrogens is 2. The molecular formula is C14H18N4O. The third-order valence-corrected chi connectivity index (χ3v) is 2.88. The number of amides is 1. The van der Waals surface area contributed by atoms with E-state index in [-0.39, 0.29) is 0 Å². The average Bonchev–Trinajstić information content (AvgIpc) is 2.85. The molecule has 100 valence electrons. The van der Waals surface area contributed by atoms with E-state index in [1.165, 1.54) is 0 Å². The van der Waals surface area contributed by atoms with Gasteiger partial charge in [0, 0.05) is 24.0 Å². The summed E-state index contributed by atoms with van der Waals surface area (Å²) in [6, 6.07) is 7.18. The lowest BCUT2D eigenvalue weighted by molar-refractivity contribution is 0.100. The van der Waals surface area contributed by atoms with Crippen LogP contribution < -0.4 is 11.1 Å². The van der Waals surface area contributed by atoms with Crippen LogP contribution in [0.2, 0.25) is 0 Å². The van der Waals surface area contributed by atoms with E-state index in [4.69, 9.17) is 5.73 Å². The predicted molar refractivity (Wildman–Crippen MR) is 74.8 cm³/mol. The summed E-state index contributed by atoms with van der Waals surface area (Å²) >= 11 is 0. The van der Waals surface area contributed by atoms with E-state index in [1.807, 2.05) is 24.7 Å². The molecule has 1 amide bonds. The summed E-state index contributed by atoms with van der Waals surface area (Å²) in [5.74, 6) is -0.417. The summed E-state index contributed by atoms with van der Waals surface area (Å²) in [6.45, 7) is 3.76.